The van der Waals surface area contributed by atoms with Gasteiger partial charge in [0.05, 0.1) is 22.7 Å². The highest BCUT2D eigenvalue weighted by Crippen LogP contribution is 2.43. The van der Waals surface area contributed by atoms with E-state index in [1.54, 1.807) is 47.9 Å². The van der Waals surface area contributed by atoms with Crippen LogP contribution in [0.5, 0.6) is 0 Å². The molecule has 0 fully saturated rings. The molecule has 0 aliphatic heterocycles. The first-order valence-corrected chi connectivity index (χ1v) is 12.3. The molecule has 0 amide bonds. The normalized spacial score (nSPS) is 15.9. The van der Waals surface area contributed by atoms with E-state index >= 15 is 0 Å². The monoisotopic (exact) mass is 452 g/mol. The molecule has 0 saturated carbocycles. The first-order valence-electron chi connectivity index (χ1n) is 10.8. The van der Waals surface area contributed by atoms with Crippen LogP contribution in [0.15, 0.2) is 53.9 Å². The van der Waals surface area contributed by atoms with E-state index < -0.39 is 16.1 Å². The molecule has 1 aliphatic carbocycles. The van der Waals surface area contributed by atoms with Crippen LogP contribution in [0, 0.1) is 13.8 Å². The summed E-state index contributed by atoms with van der Waals surface area (Å²) in [6.45, 7) is 9.90. The lowest BCUT2D eigenvalue weighted by atomic mass is 9.92. The quantitative estimate of drug-likeness (QED) is 0.506. The Morgan fingerprint density at radius 2 is 1.94 bits per heavy atom. The van der Waals surface area contributed by atoms with E-state index in [0.29, 0.717) is 5.69 Å². The van der Waals surface area contributed by atoms with Gasteiger partial charge in [-0.05, 0) is 75.4 Å². The maximum absolute atomic E-state index is 13.2. The third kappa shape index (κ3) is 3.71. The van der Waals surface area contributed by atoms with Gasteiger partial charge in [0.15, 0.2) is 0 Å². The Labute approximate surface area is 188 Å². The SMILES string of the molecule is C=CC1CCCc2c(C)n(C(=O)OCC)c3ccc(NS(=O)(=O)c4ccc(C)cc4)c1c23. The number of nitrogens with zero attached hydrogens (tertiary/aromatic N) is 1. The van der Waals surface area contributed by atoms with Crippen LogP contribution in [-0.4, -0.2) is 25.7 Å². The minimum atomic E-state index is -3.77. The zero-order valence-corrected chi connectivity index (χ0v) is 19.5. The molecule has 0 bridgehead atoms. The lowest BCUT2D eigenvalue weighted by Gasteiger charge is -2.19. The largest absolute Gasteiger partial charge is 0.449 e. The maximum Gasteiger partial charge on any atom is 0.418 e. The lowest BCUT2D eigenvalue weighted by Crippen LogP contribution is -2.16. The molecule has 32 heavy (non-hydrogen) atoms. The lowest BCUT2D eigenvalue weighted by molar-refractivity contribution is 0.154. The fraction of sp³-hybridized carbons (Fsp3) is 0.320. The highest BCUT2D eigenvalue weighted by Gasteiger charge is 2.29. The predicted molar refractivity (Wildman–Crippen MR) is 127 cm³/mol. The van der Waals surface area contributed by atoms with Crippen LogP contribution >= 0.6 is 0 Å². The Morgan fingerprint density at radius 1 is 1.22 bits per heavy atom. The molecule has 3 aromatic rings. The van der Waals surface area contributed by atoms with Gasteiger partial charge in [-0.15, -0.1) is 6.58 Å². The summed E-state index contributed by atoms with van der Waals surface area (Å²) in [6.07, 6.45) is 4.02. The van der Waals surface area contributed by atoms with Crippen molar-refractivity contribution in [1.82, 2.24) is 4.57 Å². The zero-order chi connectivity index (χ0) is 23.0. The number of aromatic nitrogens is 1. The van der Waals surface area contributed by atoms with E-state index in [0.717, 1.165) is 52.5 Å². The molecule has 1 aliphatic rings. The summed E-state index contributed by atoms with van der Waals surface area (Å²) >= 11 is 0. The minimum absolute atomic E-state index is 0.0342. The molecule has 2 aromatic carbocycles. The third-order valence-corrected chi connectivity index (χ3v) is 7.54. The summed E-state index contributed by atoms with van der Waals surface area (Å²) in [7, 11) is -3.77. The highest BCUT2D eigenvalue weighted by molar-refractivity contribution is 7.92. The smallest absolute Gasteiger partial charge is 0.418 e. The van der Waals surface area contributed by atoms with Crippen molar-refractivity contribution in [2.75, 3.05) is 11.3 Å². The molecule has 7 heteroatoms. The number of benzene rings is 2. The van der Waals surface area contributed by atoms with Gasteiger partial charge < -0.3 is 4.74 Å². The molecule has 0 saturated heterocycles. The molecule has 1 unspecified atom stereocenters. The summed E-state index contributed by atoms with van der Waals surface area (Å²) in [5.74, 6) is -0.0342. The number of aryl methyl sites for hydroxylation is 2. The van der Waals surface area contributed by atoms with E-state index in [-0.39, 0.29) is 17.4 Å². The van der Waals surface area contributed by atoms with Gasteiger partial charge in [-0.1, -0.05) is 23.8 Å². The van der Waals surface area contributed by atoms with E-state index in [4.69, 9.17) is 4.74 Å². The Kier molecular flexibility index (Phi) is 5.86. The standard InChI is InChI=1S/C25H28N2O4S/c1-5-18-8-7-9-20-17(4)27(25(28)31-6-2)22-15-14-21(23(18)24(20)22)26-32(29,30)19-12-10-16(3)11-13-19/h5,10-15,18,26H,1,6-9H2,2-4H3. The Balaban J connectivity index is 1.93. The summed E-state index contributed by atoms with van der Waals surface area (Å²) in [5.41, 5.74) is 5.01. The Morgan fingerprint density at radius 3 is 2.59 bits per heavy atom. The number of sulfonamides is 1. The molecule has 1 heterocycles. The number of hydrogen-bond donors (Lipinski definition) is 1. The summed E-state index contributed by atoms with van der Waals surface area (Å²) in [4.78, 5) is 12.9. The first-order chi connectivity index (χ1) is 15.3. The van der Waals surface area contributed by atoms with Crippen molar-refractivity contribution in [2.45, 2.75) is 50.8 Å². The van der Waals surface area contributed by atoms with Gasteiger partial charge in [0.25, 0.3) is 10.0 Å². The van der Waals surface area contributed by atoms with Gasteiger partial charge in [-0.2, -0.15) is 0 Å². The number of rotatable bonds is 5. The van der Waals surface area contributed by atoms with Crippen molar-refractivity contribution in [2.24, 2.45) is 0 Å². The number of nitrogens with one attached hydrogen (secondary N) is 1. The van der Waals surface area contributed by atoms with Crippen LogP contribution in [-0.2, 0) is 21.2 Å². The Bertz CT molecular complexity index is 1300. The predicted octanol–water partition coefficient (Wildman–Crippen LogP) is 5.67. The van der Waals surface area contributed by atoms with Crippen LogP contribution in [0.25, 0.3) is 10.9 Å². The molecule has 0 spiro atoms. The minimum Gasteiger partial charge on any atom is -0.449 e. The van der Waals surface area contributed by atoms with Crippen LogP contribution in [0.3, 0.4) is 0 Å². The summed E-state index contributed by atoms with van der Waals surface area (Å²) in [6, 6.07) is 10.3. The number of carbonyl (C=O) groups excluding carboxylic acids is 1. The fourth-order valence-corrected chi connectivity index (χ4v) is 5.69. The number of anilines is 1. The summed E-state index contributed by atoms with van der Waals surface area (Å²) in [5, 5.41) is 0.919. The third-order valence-electron chi connectivity index (χ3n) is 6.16. The van der Waals surface area contributed by atoms with Gasteiger partial charge in [0.1, 0.15) is 0 Å². The van der Waals surface area contributed by atoms with Gasteiger partial charge in [-0.25, -0.2) is 17.8 Å². The fourth-order valence-electron chi connectivity index (χ4n) is 4.61. The van der Waals surface area contributed by atoms with Crippen molar-refractivity contribution >= 4 is 32.7 Å². The molecule has 0 radical (unpaired) electrons. The van der Waals surface area contributed by atoms with Crippen LogP contribution in [0.2, 0.25) is 0 Å². The second-order valence-corrected chi connectivity index (χ2v) is 9.85. The van der Waals surface area contributed by atoms with Crippen LogP contribution < -0.4 is 4.72 Å². The van der Waals surface area contributed by atoms with Gasteiger partial charge in [0.2, 0.25) is 0 Å². The Hall–Kier alpha value is -3.06. The van der Waals surface area contributed by atoms with E-state index in [2.05, 4.69) is 11.3 Å². The topological polar surface area (TPSA) is 77.4 Å². The maximum atomic E-state index is 13.2. The van der Waals surface area contributed by atoms with Crippen molar-refractivity contribution in [3.63, 3.8) is 0 Å². The molecule has 1 atom stereocenters. The van der Waals surface area contributed by atoms with Crippen molar-refractivity contribution in [3.8, 4) is 0 Å². The average Bonchev–Trinajstić information content (AvgIpc) is 2.91. The van der Waals surface area contributed by atoms with Gasteiger partial charge in [-0.3, -0.25) is 4.72 Å². The molecule has 6 nitrogen and oxygen atoms in total. The van der Waals surface area contributed by atoms with E-state index in [1.807, 2.05) is 19.9 Å². The molecule has 4 rings (SSSR count). The van der Waals surface area contributed by atoms with Gasteiger partial charge in [0, 0.05) is 17.0 Å². The number of allylic oxidation sites excluding steroid dienone is 1. The molecule has 168 valence electrons. The molecule has 1 N–H and O–H groups in total. The first kappa shape index (κ1) is 22.1. The van der Waals surface area contributed by atoms with Crippen LogP contribution in [0.4, 0.5) is 10.5 Å². The van der Waals surface area contributed by atoms with Crippen molar-refractivity contribution in [3.05, 3.63) is 71.4 Å². The average molecular weight is 453 g/mol. The second-order valence-electron chi connectivity index (χ2n) is 8.17. The number of ether oxygens (including phenoxy) is 1. The van der Waals surface area contributed by atoms with Crippen molar-refractivity contribution in [1.29, 1.82) is 0 Å². The molecular weight excluding hydrogens is 424 g/mol. The number of carbonyl (C=O) groups is 1. The molecule has 1 aromatic heterocycles. The van der Waals surface area contributed by atoms with Gasteiger partial charge >= 0.3 is 6.09 Å². The van der Waals surface area contributed by atoms with E-state index in [1.165, 1.54) is 0 Å². The van der Waals surface area contributed by atoms with Crippen LogP contribution in [0.1, 0.15) is 48.1 Å². The highest BCUT2D eigenvalue weighted by atomic mass is 32.2. The second kappa shape index (κ2) is 8.47. The summed E-state index contributed by atoms with van der Waals surface area (Å²) < 4.78 is 36.0. The van der Waals surface area contributed by atoms with Crippen molar-refractivity contribution < 1.29 is 17.9 Å². The molecular formula is C25H28N2O4S. The number of hydrogen-bond acceptors (Lipinski definition) is 4. The zero-order valence-electron chi connectivity index (χ0n) is 18.6. The van der Waals surface area contributed by atoms with E-state index in [9.17, 15) is 13.2 Å².